The van der Waals surface area contributed by atoms with Crippen LogP contribution in [0.15, 0.2) is 30.5 Å². The molecule has 0 aliphatic carbocycles. The van der Waals surface area contributed by atoms with Crippen LogP contribution in [-0.2, 0) is 0 Å². The standard InChI is InChI=1S/C18H20FN3OS/c1-11-16(12-6-8-22(11)9-7-12)21-17(23)15-10-20-18(24-15)13-4-2-3-5-14(13)19/h2-5,10-12,16H,6-9H2,1H3,(H,21,23)/t11-,16-/m0/s1. The Labute approximate surface area is 144 Å². The number of aromatic nitrogens is 1. The predicted molar refractivity (Wildman–Crippen MR) is 92.5 cm³/mol. The number of fused-ring (bicyclic) bond motifs is 3. The number of hydrogen-bond acceptors (Lipinski definition) is 4. The van der Waals surface area contributed by atoms with Gasteiger partial charge in [-0.25, -0.2) is 9.37 Å². The Bertz CT molecular complexity index is 752. The summed E-state index contributed by atoms with van der Waals surface area (Å²) < 4.78 is 13.9. The SMILES string of the molecule is C[C@H]1[C@H](NC(=O)c2cnc(-c3ccccc3F)s2)C2CCN1CC2. The molecule has 5 rings (SSSR count). The monoisotopic (exact) mass is 345 g/mol. The van der Waals surface area contributed by atoms with Crippen molar-refractivity contribution in [2.24, 2.45) is 5.92 Å². The van der Waals surface area contributed by atoms with Gasteiger partial charge in [-0.05, 0) is 50.9 Å². The summed E-state index contributed by atoms with van der Waals surface area (Å²) in [5, 5.41) is 3.73. The van der Waals surface area contributed by atoms with Crippen molar-refractivity contribution in [1.29, 1.82) is 0 Å². The number of nitrogens with one attached hydrogen (secondary N) is 1. The molecule has 2 bridgehead atoms. The molecule has 1 aromatic carbocycles. The zero-order valence-electron chi connectivity index (χ0n) is 13.5. The summed E-state index contributed by atoms with van der Waals surface area (Å²) in [5.74, 6) is 0.151. The molecule has 1 N–H and O–H groups in total. The fraction of sp³-hybridized carbons (Fsp3) is 0.444. The third-order valence-corrected chi connectivity index (χ3v) is 6.34. The van der Waals surface area contributed by atoms with Crippen molar-refractivity contribution < 1.29 is 9.18 Å². The average molecular weight is 345 g/mol. The number of hydrogen-bond donors (Lipinski definition) is 1. The number of rotatable bonds is 3. The maximum absolute atomic E-state index is 13.9. The van der Waals surface area contributed by atoms with Crippen LogP contribution in [-0.4, -0.2) is 41.0 Å². The van der Waals surface area contributed by atoms with Crippen molar-refractivity contribution in [2.45, 2.75) is 31.8 Å². The van der Waals surface area contributed by atoms with Gasteiger partial charge in [0.1, 0.15) is 15.7 Å². The molecule has 3 saturated heterocycles. The van der Waals surface area contributed by atoms with Crippen molar-refractivity contribution in [2.75, 3.05) is 13.1 Å². The summed E-state index contributed by atoms with van der Waals surface area (Å²) in [4.78, 5) is 19.8. The smallest absolute Gasteiger partial charge is 0.263 e. The number of thiazole rings is 1. The Hall–Kier alpha value is -1.79. The van der Waals surface area contributed by atoms with Gasteiger partial charge < -0.3 is 5.32 Å². The zero-order chi connectivity index (χ0) is 16.7. The molecule has 126 valence electrons. The van der Waals surface area contributed by atoms with E-state index in [0.717, 1.165) is 25.9 Å². The molecule has 4 nitrogen and oxygen atoms in total. The first-order chi connectivity index (χ1) is 11.6. The summed E-state index contributed by atoms with van der Waals surface area (Å²) in [7, 11) is 0. The molecule has 3 aliphatic heterocycles. The summed E-state index contributed by atoms with van der Waals surface area (Å²) in [6, 6.07) is 7.08. The second kappa shape index (κ2) is 6.26. The largest absolute Gasteiger partial charge is 0.347 e. The average Bonchev–Trinajstić information content (AvgIpc) is 3.09. The summed E-state index contributed by atoms with van der Waals surface area (Å²) in [6.07, 6.45) is 3.85. The topological polar surface area (TPSA) is 45.2 Å². The molecule has 0 saturated carbocycles. The summed E-state index contributed by atoms with van der Waals surface area (Å²) in [6.45, 7) is 4.46. The second-order valence-corrected chi connectivity index (χ2v) is 7.65. The van der Waals surface area contributed by atoms with E-state index < -0.39 is 0 Å². The molecule has 3 aliphatic rings. The number of piperidine rings is 3. The zero-order valence-corrected chi connectivity index (χ0v) is 14.4. The first-order valence-corrected chi connectivity index (χ1v) is 9.21. The minimum absolute atomic E-state index is 0.0966. The van der Waals surface area contributed by atoms with Gasteiger partial charge >= 0.3 is 0 Å². The van der Waals surface area contributed by atoms with Crippen LogP contribution in [0.2, 0.25) is 0 Å². The maximum atomic E-state index is 13.9. The quantitative estimate of drug-likeness (QED) is 0.929. The lowest BCUT2D eigenvalue weighted by atomic mass is 9.79. The molecular formula is C18H20FN3OS. The number of amides is 1. The van der Waals surface area contributed by atoms with Crippen LogP contribution in [0.1, 0.15) is 29.4 Å². The molecule has 4 heterocycles. The normalized spacial score (nSPS) is 28.8. The molecule has 0 spiro atoms. The Morgan fingerprint density at radius 3 is 2.79 bits per heavy atom. The van der Waals surface area contributed by atoms with E-state index in [2.05, 4.69) is 22.1 Å². The maximum Gasteiger partial charge on any atom is 0.263 e. The van der Waals surface area contributed by atoms with E-state index in [0.29, 0.717) is 27.4 Å². The van der Waals surface area contributed by atoms with Gasteiger partial charge in [-0.2, -0.15) is 0 Å². The van der Waals surface area contributed by atoms with Crippen LogP contribution < -0.4 is 5.32 Å². The van der Waals surface area contributed by atoms with Crippen molar-refractivity contribution >= 4 is 17.2 Å². The van der Waals surface area contributed by atoms with E-state index in [1.807, 2.05) is 0 Å². The molecule has 24 heavy (non-hydrogen) atoms. The van der Waals surface area contributed by atoms with E-state index in [4.69, 9.17) is 0 Å². The van der Waals surface area contributed by atoms with Gasteiger partial charge in [-0.15, -0.1) is 11.3 Å². The lowest BCUT2D eigenvalue weighted by Gasteiger charge is -2.49. The van der Waals surface area contributed by atoms with Gasteiger partial charge in [-0.1, -0.05) is 12.1 Å². The van der Waals surface area contributed by atoms with Crippen molar-refractivity contribution in [1.82, 2.24) is 15.2 Å². The minimum Gasteiger partial charge on any atom is -0.347 e. The highest BCUT2D eigenvalue weighted by atomic mass is 32.1. The number of carbonyl (C=O) groups is 1. The van der Waals surface area contributed by atoms with Crippen LogP contribution in [0.3, 0.4) is 0 Å². The minimum atomic E-state index is -0.315. The summed E-state index contributed by atoms with van der Waals surface area (Å²) in [5.41, 5.74) is 0.442. The molecule has 0 radical (unpaired) electrons. The number of carbonyl (C=O) groups excluding carboxylic acids is 1. The van der Waals surface area contributed by atoms with Crippen molar-refractivity contribution in [3.05, 3.63) is 41.2 Å². The van der Waals surface area contributed by atoms with E-state index in [-0.39, 0.29) is 17.8 Å². The Balaban J connectivity index is 1.51. The van der Waals surface area contributed by atoms with E-state index >= 15 is 0 Å². The highest BCUT2D eigenvalue weighted by Gasteiger charge is 2.40. The Morgan fingerprint density at radius 1 is 1.33 bits per heavy atom. The number of benzene rings is 1. The number of halogens is 1. The molecule has 1 aromatic heterocycles. The molecule has 2 aromatic rings. The Morgan fingerprint density at radius 2 is 2.08 bits per heavy atom. The van der Waals surface area contributed by atoms with E-state index in [1.165, 1.54) is 17.4 Å². The van der Waals surface area contributed by atoms with Crippen molar-refractivity contribution in [3.8, 4) is 10.6 Å². The van der Waals surface area contributed by atoms with Gasteiger partial charge in [0.05, 0.1) is 6.20 Å². The van der Waals surface area contributed by atoms with Gasteiger partial charge in [0, 0.05) is 17.6 Å². The Kier molecular flexibility index (Phi) is 4.10. The van der Waals surface area contributed by atoms with Crippen LogP contribution in [0.5, 0.6) is 0 Å². The van der Waals surface area contributed by atoms with Crippen molar-refractivity contribution in [3.63, 3.8) is 0 Å². The van der Waals surface area contributed by atoms with Gasteiger partial charge in [0.15, 0.2) is 0 Å². The van der Waals surface area contributed by atoms with Crippen LogP contribution in [0, 0.1) is 11.7 Å². The predicted octanol–water partition coefficient (Wildman–Crippen LogP) is 3.16. The summed E-state index contributed by atoms with van der Waals surface area (Å²) >= 11 is 1.24. The lowest BCUT2D eigenvalue weighted by Crippen LogP contribution is -2.62. The van der Waals surface area contributed by atoms with Gasteiger partial charge in [0.25, 0.3) is 5.91 Å². The molecule has 1 amide bonds. The van der Waals surface area contributed by atoms with Crippen LogP contribution >= 0.6 is 11.3 Å². The second-order valence-electron chi connectivity index (χ2n) is 6.62. The molecule has 0 unspecified atom stereocenters. The molecule has 6 heteroatoms. The van der Waals surface area contributed by atoms with Crippen LogP contribution in [0.25, 0.3) is 10.6 Å². The van der Waals surface area contributed by atoms with E-state index in [9.17, 15) is 9.18 Å². The number of nitrogens with zero attached hydrogens (tertiary/aromatic N) is 2. The highest BCUT2D eigenvalue weighted by molar-refractivity contribution is 7.16. The van der Waals surface area contributed by atoms with E-state index in [1.54, 1.807) is 24.4 Å². The first kappa shape index (κ1) is 15.7. The van der Waals surface area contributed by atoms with Crippen LogP contribution in [0.4, 0.5) is 4.39 Å². The highest BCUT2D eigenvalue weighted by Crippen LogP contribution is 2.33. The fourth-order valence-electron chi connectivity index (χ4n) is 3.91. The van der Waals surface area contributed by atoms with Gasteiger partial charge in [-0.3, -0.25) is 9.69 Å². The fourth-order valence-corrected chi connectivity index (χ4v) is 4.75. The molecule has 3 fully saturated rings. The molecule has 2 atom stereocenters. The first-order valence-electron chi connectivity index (χ1n) is 8.39. The third-order valence-electron chi connectivity index (χ3n) is 5.31. The lowest BCUT2D eigenvalue weighted by molar-refractivity contribution is 0.0218. The molecular weight excluding hydrogens is 325 g/mol. The third kappa shape index (κ3) is 2.74. The van der Waals surface area contributed by atoms with Gasteiger partial charge in [0.2, 0.25) is 0 Å².